The molecule has 0 radical (unpaired) electrons. The van der Waals surface area contributed by atoms with Crippen LogP contribution >= 0.6 is 0 Å². The first-order valence-corrected chi connectivity index (χ1v) is 6.76. The molecule has 0 aliphatic heterocycles. The average molecular weight is 231 g/mol. The molecule has 0 aromatic carbocycles. The highest BCUT2D eigenvalue weighted by molar-refractivity contribution is 5.78. The van der Waals surface area contributed by atoms with Gasteiger partial charge in [0, 0.05) is 24.7 Å². The van der Waals surface area contributed by atoms with Gasteiger partial charge in [0.2, 0.25) is 0 Å². The molecule has 92 valence electrons. The number of hydrogen-bond acceptors (Lipinski definition) is 2. The predicted octanol–water partition coefficient (Wildman–Crippen LogP) is 3.55. The number of rotatable bonds is 5. The van der Waals surface area contributed by atoms with Crippen LogP contribution in [-0.4, -0.2) is 10.8 Å². The van der Waals surface area contributed by atoms with E-state index in [1.165, 1.54) is 32.1 Å². The van der Waals surface area contributed by atoms with Gasteiger partial charge in [0.15, 0.2) is 0 Å². The molecule has 0 unspecified atom stereocenters. The quantitative estimate of drug-likeness (QED) is 0.775. The first kappa shape index (κ1) is 12.3. The third kappa shape index (κ3) is 4.29. The van der Waals surface area contributed by atoms with Gasteiger partial charge in [0.1, 0.15) is 5.78 Å². The fourth-order valence-electron chi connectivity index (χ4n) is 2.63. The van der Waals surface area contributed by atoms with Gasteiger partial charge in [0.25, 0.3) is 0 Å². The number of ketones is 1. The Labute approximate surface area is 103 Å². The summed E-state index contributed by atoms with van der Waals surface area (Å²) in [6.45, 7) is 0. The number of hydrogen-bond donors (Lipinski definition) is 0. The Morgan fingerprint density at radius 2 is 2.06 bits per heavy atom. The molecule has 1 heterocycles. The molecule has 0 bridgehead atoms. The van der Waals surface area contributed by atoms with Crippen LogP contribution < -0.4 is 0 Å². The lowest BCUT2D eigenvalue weighted by molar-refractivity contribution is -0.120. The SMILES string of the molecule is O=C(CCc1ccccn1)CC1CCCCC1. The monoisotopic (exact) mass is 231 g/mol. The fourth-order valence-corrected chi connectivity index (χ4v) is 2.63. The Kier molecular flexibility index (Phi) is 4.72. The molecule has 0 amide bonds. The summed E-state index contributed by atoms with van der Waals surface area (Å²) in [5.41, 5.74) is 1.03. The summed E-state index contributed by atoms with van der Waals surface area (Å²) in [6, 6.07) is 5.88. The van der Waals surface area contributed by atoms with E-state index in [1.807, 2.05) is 18.2 Å². The minimum atomic E-state index is 0.419. The Morgan fingerprint density at radius 3 is 2.76 bits per heavy atom. The van der Waals surface area contributed by atoms with Gasteiger partial charge in [-0.25, -0.2) is 0 Å². The van der Waals surface area contributed by atoms with Crippen molar-refractivity contribution in [3.05, 3.63) is 30.1 Å². The molecule has 1 aromatic rings. The molecular weight excluding hydrogens is 210 g/mol. The second-order valence-corrected chi connectivity index (χ2v) is 5.07. The molecule has 0 N–H and O–H groups in total. The normalized spacial score (nSPS) is 16.9. The number of aromatic nitrogens is 1. The van der Waals surface area contributed by atoms with E-state index in [0.29, 0.717) is 18.1 Å². The van der Waals surface area contributed by atoms with E-state index < -0.39 is 0 Å². The lowest BCUT2D eigenvalue weighted by atomic mass is 9.85. The maximum Gasteiger partial charge on any atom is 0.133 e. The van der Waals surface area contributed by atoms with E-state index in [2.05, 4.69) is 4.98 Å². The number of aryl methyl sites for hydroxylation is 1. The summed E-state index contributed by atoms with van der Waals surface area (Å²) >= 11 is 0. The van der Waals surface area contributed by atoms with Crippen LogP contribution in [0.4, 0.5) is 0 Å². The topological polar surface area (TPSA) is 30.0 Å². The molecule has 1 aliphatic carbocycles. The zero-order chi connectivity index (χ0) is 11.9. The van der Waals surface area contributed by atoms with Crippen LogP contribution in [0.2, 0.25) is 0 Å². The Balaban J connectivity index is 1.70. The minimum Gasteiger partial charge on any atom is -0.300 e. The molecule has 0 atom stereocenters. The Bertz CT molecular complexity index is 341. The lowest BCUT2D eigenvalue weighted by Crippen LogP contribution is -2.12. The van der Waals surface area contributed by atoms with E-state index in [4.69, 9.17) is 0 Å². The van der Waals surface area contributed by atoms with Crippen LogP contribution in [0, 0.1) is 5.92 Å². The summed E-state index contributed by atoms with van der Waals surface area (Å²) < 4.78 is 0. The Morgan fingerprint density at radius 1 is 1.24 bits per heavy atom. The van der Waals surface area contributed by atoms with E-state index in [0.717, 1.165) is 18.5 Å². The van der Waals surface area contributed by atoms with Crippen LogP contribution in [0.15, 0.2) is 24.4 Å². The van der Waals surface area contributed by atoms with Crippen LogP contribution in [-0.2, 0) is 11.2 Å². The van der Waals surface area contributed by atoms with Crippen molar-refractivity contribution >= 4 is 5.78 Å². The molecule has 1 saturated carbocycles. The fraction of sp³-hybridized carbons (Fsp3) is 0.600. The summed E-state index contributed by atoms with van der Waals surface area (Å²) in [7, 11) is 0. The molecule has 0 spiro atoms. The van der Waals surface area contributed by atoms with E-state index in [-0.39, 0.29) is 0 Å². The summed E-state index contributed by atoms with van der Waals surface area (Å²) in [5, 5.41) is 0. The van der Waals surface area contributed by atoms with Gasteiger partial charge in [0.05, 0.1) is 0 Å². The average Bonchev–Trinajstić information content (AvgIpc) is 2.39. The third-order valence-corrected chi connectivity index (χ3v) is 3.63. The van der Waals surface area contributed by atoms with Crippen LogP contribution in [0.1, 0.15) is 50.6 Å². The standard InChI is InChI=1S/C15H21NO/c17-15(12-13-6-2-1-3-7-13)10-9-14-8-4-5-11-16-14/h4-5,8,11,13H,1-3,6-7,9-10,12H2. The predicted molar refractivity (Wildman–Crippen MR) is 68.8 cm³/mol. The number of nitrogens with zero attached hydrogens (tertiary/aromatic N) is 1. The molecule has 1 aromatic heterocycles. The maximum atomic E-state index is 11.9. The van der Waals surface area contributed by atoms with Crippen LogP contribution in [0.25, 0.3) is 0 Å². The van der Waals surface area contributed by atoms with Crippen molar-refractivity contribution in [1.82, 2.24) is 4.98 Å². The van der Waals surface area contributed by atoms with Crippen molar-refractivity contribution in [3.63, 3.8) is 0 Å². The second-order valence-electron chi connectivity index (χ2n) is 5.07. The minimum absolute atomic E-state index is 0.419. The van der Waals surface area contributed by atoms with Gasteiger partial charge in [-0.1, -0.05) is 38.2 Å². The second kappa shape index (κ2) is 6.53. The van der Waals surface area contributed by atoms with Gasteiger partial charge in [-0.05, 0) is 24.5 Å². The van der Waals surface area contributed by atoms with Crippen LogP contribution in [0.3, 0.4) is 0 Å². The van der Waals surface area contributed by atoms with Crippen molar-refractivity contribution in [1.29, 1.82) is 0 Å². The first-order valence-electron chi connectivity index (χ1n) is 6.76. The van der Waals surface area contributed by atoms with E-state index in [9.17, 15) is 4.79 Å². The lowest BCUT2D eigenvalue weighted by Gasteiger charge is -2.20. The largest absolute Gasteiger partial charge is 0.300 e. The molecule has 2 rings (SSSR count). The van der Waals surface area contributed by atoms with Gasteiger partial charge in [-0.2, -0.15) is 0 Å². The zero-order valence-corrected chi connectivity index (χ0v) is 10.4. The van der Waals surface area contributed by atoms with Gasteiger partial charge in [-0.3, -0.25) is 9.78 Å². The van der Waals surface area contributed by atoms with Gasteiger partial charge in [-0.15, -0.1) is 0 Å². The summed E-state index contributed by atoms with van der Waals surface area (Å²) in [4.78, 5) is 16.1. The number of Topliss-reactive ketones (excluding diaryl/α,β-unsaturated/α-hetero) is 1. The van der Waals surface area contributed by atoms with Crippen molar-refractivity contribution < 1.29 is 4.79 Å². The molecule has 1 fully saturated rings. The highest BCUT2D eigenvalue weighted by Crippen LogP contribution is 2.26. The summed E-state index contributed by atoms with van der Waals surface area (Å²) in [5.74, 6) is 1.09. The van der Waals surface area contributed by atoms with Crippen molar-refractivity contribution in [2.45, 2.75) is 51.4 Å². The molecule has 2 heteroatoms. The summed E-state index contributed by atoms with van der Waals surface area (Å²) in [6.07, 6.45) is 10.6. The molecule has 2 nitrogen and oxygen atoms in total. The van der Waals surface area contributed by atoms with Crippen molar-refractivity contribution in [2.75, 3.05) is 0 Å². The number of carbonyl (C=O) groups is 1. The maximum absolute atomic E-state index is 11.9. The number of pyridine rings is 1. The van der Waals surface area contributed by atoms with E-state index >= 15 is 0 Å². The van der Waals surface area contributed by atoms with Gasteiger partial charge >= 0.3 is 0 Å². The Hall–Kier alpha value is -1.18. The molecule has 1 aliphatic rings. The van der Waals surface area contributed by atoms with E-state index in [1.54, 1.807) is 6.20 Å². The third-order valence-electron chi connectivity index (χ3n) is 3.63. The smallest absolute Gasteiger partial charge is 0.133 e. The van der Waals surface area contributed by atoms with Crippen LogP contribution in [0.5, 0.6) is 0 Å². The van der Waals surface area contributed by atoms with Crippen molar-refractivity contribution in [2.24, 2.45) is 5.92 Å². The zero-order valence-electron chi connectivity index (χ0n) is 10.4. The first-order chi connectivity index (χ1) is 8.34. The number of carbonyl (C=O) groups excluding carboxylic acids is 1. The molecule has 0 saturated heterocycles. The molecule has 17 heavy (non-hydrogen) atoms. The highest BCUT2D eigenvalue weighted by atomic mass is 16.1. The molecular formula is C15H21NO. The van der Waals surface area contributed by atoms with Crippen molar-refractivity contribution in [3.8, 4) is 0 Å². The van der Waals surface area contributed by atoms with Gasteiger partial charge < -0.3 is 0 Å². The highest BCUT2D eigenvalue weighted by Gasteiger charge is 2.16.